The first-order chi connectivity index (χ1) is 6.63. The van der Waals surface area contributed by atoms with E-state index >= 15 is 0 Å². The van der Waals surface area contributed by atoms with Crippen LogP contribution in [0.25, 0.3) is 0 Å². The van der Waals surface area contributed by atoms with Crippen molar-refractivity contribution in [1.29, 1.82) is 0 Å². The van der Waals surface area contributed by atoms with Crippen molar-refractivity contribution in [3.8, 4) is 5.75 Å². The van der Waals surface area contributed by atoms with Crippen LogP contribution in [0.4, 0.5) is 0 Å². The van der Waals surface area contributed by atoms with Gasteiger partial charge in [0.05, 0.1) is 7.11 Å². The molecule has 1 atom stereocenters. The van der Waals surface area contributed by atoms with Crippen LogP contribution in [0.2, 0.25) is 0 Å². The van der Waals surface area contributed by atoms with E-state index in [0.717, 1.165) is 12.3 Å². The zero-order valence-corrected chi connectivity index (χ0v) is 9.79. The second kappa shape index (κ2) is 5.32. The standard InChI is InChI=1S/C10H16BNOS/c1-8(7-12(11)14)9-3-5-10(13-2)6-4-9/h3-6,8,14H,7,11H2,1-2H3. The molecule has 2 nitrogen and oxygen atoms in total. The zero-order valence-electron chi connectivity index (χ0n) is 8.90. The summed E-state index contributed by atoms with van der Waals surface area (Å²) in [5.41, 5.74) is 1.31. The summed E-state index contributed by atoms with van der Waals surface area (Å²) in [5, 5.41) is 0. The van der Waals surface area contributed by atoms with Gasteiger partial charge in [0.25, 0.3) is 0 Å². The third-order valence-corrected chi connectivity index (χ3v) is 2.39. The van der Waals surface area contributed by atoms with E-state index in [1.165, 1.54) is 5.56 Å². The first-order valence-corrected chi connectivity index (χ1v) is 5.07. The maximum absolute atomic E-state index is 5.10. The molecule has 0 bridgehead atoms. The second-order valence-corrected chi connectivity index (χ2v) is 4.20. The molecular weight excluding hydrogens is 193 g/mol. The van der Waals surface area contributed by atoms with Gasteiger partial charge in [-0.25, -0.2) is 0 Å². The maximum atomic E-state index is 5.10. The smallest absolute Gasteiger partial charge is 0.199 e. The van der Waals surface area contributed by atoms with Crippen molar-refractivity contribution in [2.24, 2.45) is 0 Å². The van der Waals surface area contributed by atoms with Crippen molar-refractivity contribution in [1.82, 2.24) is 4.22 Å². The molecule has 1 aromatic carbocycles. The Morgan fingerprint density at radius 2 is 2.00 bits per heavy atom. The molecule has 0 aliphatic rings. The molecule has 76 valence electrons. The molecule has 0 N–H and O–H groups in total. The van der Waals surface area contributed by atoms with Crippen LogP contribution in [-0.4, -0.2) is 25.9 Å². The molecule has 0 fully saturated rings. The molecular formula is C10H16BNOS. The number of rotatable bonds is 4. The molecule has 1 aromatic rings. The minimum atomic E-state index is 0.489. The van der Waals surface area contributed by atoms with E-state index in [4.69, 9.17) is 4.74 Å². The highest BCUT2D eigenvalue weighted by molar-refractivity contribution is 7.78. The van der Waals surface area contributed by atoms with Crippen LogP contribution < -0.4 is 4.74 Å². The highest BCUT2D eigenvalue weighted by Crippen LogP contribution is 2.19. The molecule has 4 heteroatoms. The van der Waals surface area contributed by atoms with Gasteiger partial charge in [0.15, 0.2) is 7.98 Å². The van der Waals surface area contributed by atoms with Crippen molar-refractivity contribution in [3.05, 3.63) is 29.8 Å². The average Bonchev–Trinajstić information content (AvgIpc) is 2.17. The molecule has 0 saturated carbocycles. The van der Waals surface area contributed by atoms with Crippen LogP contribution in [0, 0.1) is 0 Å². The van der Waals surface area contributed by atoms with Crippen LogP contribution >= 0.6 is 12.8 Å². The van der Waals surface area contributed by atoms with Crippen molar-refractivity contribution < 1.29 is 4.74 Å². The number of hydrogen-bond donors (Lipinski definition) is 1. The average molecular weight is 209 g/mol. The lowest BCUT2D eigenvalue weighted by molar-refractivity contribution is 0.414. The molecule has 0 saturated heterocycles. The second-order valence-electron chi connectivity index (χ2n) is 3.51. The monoisotopic (exact) mass is 209 g/mol. The molecule has 0 amide bonds. The third kappa shape index (κ3) is 3.27. The van der Waals surface area contributed by atoms with Gasteiger partial charge in [-0.2, -0.15) is 0 Å². The largest absolute Gasteiger partial charge is 0.497 e. The number of benzene rings is 1. The Kier molecular flexibility index (Phi) is 4.36. The van der Waals surface area contributed by atoms with Gasteiger partial charge in [0.2, 0.25) is 0 Å². The van der Waals surface area contributed by atoms with Crippen LogP contribution in [0.1, 0.15) is 18.4 Å². The Bertz CT molecular complexity index is 276. The lowest BCUT2D eigenvalue weighted by atomic mass is 10.0. The number of hydrogen-bond acceptors (Lipinski definition) is 3. The summed E-state index contributed by atoms with van der Waals surface area (Å²) in [6.45, 7) is 3.13. The number of nitrogens with zero attached hydrogens (tertiary/aromatic N) is 1. The number of methoxy groups -OCH3 is 1. The predicted molar refractivity (Wildman–Crippen MR) is 65.6 cm³/mol. The highest BCUT2D eigenvalue weighted by atomic mass is 32.1. The normalized spacial score (nSPS) is 12.9. The van der Waals surface area contributed by atoms with Crippen molar-refractivity contribution in [3.63, 3.8) is 0 Å². The summed E-state index contributed by atoms with van der Waals surface area (Å²) in [4.78, 5) is 0. The fourth-order valence-corrected chi connectivity index (χ4v) is 1.68. The Balaban J connectivity index is 2.66. The van der Waals surface area contributed by atoms with Crippen molar-refractivity contribution in [2.45, 2.75) is 12.8 Å². The molecule has 0 radical (unpaired) electrons. The minimum absolute atomic E-state index is 0.489. The number of thiol groups is 1. The highest BCUT2D eigenvalue weighted by Gasteiger charge is 2.06. The van der Waals surface area contributed by atoms with E-state index in [1.807, 2.05) is 24.3 Å². The van der Waals surface area contributed by atoms with Gasteiger partial charge >= 0.3 is 0 Å². The lowest BCUT2D eigenvalue weighted by Crippen LogP contribution is -2.15. The summed E-state index contributed by atoms with van der Waals surface area (Å²) in [7, 11) is 3.64. The van der Waals surface area contributed by atoms with Crippen LogP contribution in [-0.2, 0) is 0 Å². The lowest BCUT2D eigenvalue weighted by Gasteiger charge is -2.16. The van der Waals surface area contributed by atoms with E-state index < -0.39 is 0 Å². The summed E-state index contributed by atoms with van der Waals surface area (Å²) in [6, 6.07) is 8.18. The third-order valence-electron chi connectivity index (χ3n) is 2.22. The van der Waals surface area contributed by atoms with E-state index in [0.29, 0.717) is 5.92 Å². The van der Waals surface area contributed by atoms with Gasteiger partial charge in [0.1, 0.15) is 5.75 Å². The van der Waals surface area contributed by atoms with Crippen LogP contribution in [0.3, 0.4) is 0 Å². The van der Waals surface area contributed by atoms with Gasteiger partial charge in [-0.15, -0.1) is 12.8 Å². The van der Waals surface area contributed by atoms with Crippen LogP contribution in [0.15, 0.2) is 24.3 Å². The molecule has 0 aliphatic carbocycles. The molecule has 0 heterocycles. The number of ether oxygens (including phenoxy) is 1. The molecule has 1 rings (SSSR count). The first kappa shape index (κ1) is 11.5. The fraction of sp³-hybridized carbons (Fsp3) is 0.400. The summed E-state index contributed by atoms with van der Waals surface area (Å²) in [5.74, 6) is 1.39. The van der Waals surface area contributed by atoms with Crippen LogP contribution in [0.5, 0.6) is 5.75 Å². The summed E-state index contributed by atoms with van der Waals surface area (Å²) >= 11 is 4.23. The Labute approximate surface area is 92.2 Å². The predicted octanol–water partition coefficient (Wildman–Crippen LogP) is 1.49. The topological polar surface area (TPSA) is 12.5 Å². The van der Waals surface area contributed by atoms with Gasteiger partial charge in [-0.05, 0) is 23.6 Å². The van der Waals surface area contributed by atoms with Gasteiger partial charge in [0, 0.05) is 6.54 Å². The van der Waals surface area contributed by atoms with Crippen molar-refractivity contribution in [2.75, 3.05) is 13.7 Å². The SMILES string of the molecule is BN(S)CC(C)c1ccc(OC)cc1. The first-order valence-electron chi connectivity index (χ1n) is 4.67. The van der Waals surface area contributed by atoms with E-state index in [-0.39, 0.29) is 0 Å². The van der Waals surface area contributed by atoms with E-state index in [2.05, 4.69) is 31.9 Å². The quantitative estimate of drug-likeness (QED) is 0.595. The van der Waals surface area contributed by atoms with Gasteiger partial charge in [-0.3, -0.25) is 4.22 Å². The fourth-order valence-electron chi connectivity index (χ4n) is 1.43. The van der Waals surface area contributed by atoms with E-state index in [9.17, 15) is 0 Å². The Morgan fingerprint density at radius 3 is 2.43 bits per heavy atom. The molecule has 0 spiro atoms. The Morgan fingerprint density at radius 1 is 1.43 bits per heavy atom. The summed E-state index contributed by atoms with van der Waals surface area (Å²) < 4.78 is 7.00. The van der Waals surface area contributed by atoms with Crippen molar-refractivity contribution >= 4 is 20.8 Å². The summed E-state index contributed by atoms with van der Waals surface area (Å²) in [6.07, 6.45) is 0. The van der Waals surface area contributed by atoms with E-state index in [1.54, 1.807) is 7.11 Å². The van der Waals surface area contributed by atoms with Gasteiger partial charge in [-0.1, -0.05) is 19.1 Å². The molecule has 1 unspecified atom stereocenters. The molecule has 0 aromatic heterocycles. The minimum Gasteiger partial charge on any atom is -0.497 e. The Hall–Kier alpha value is -0.605. The zero-order chi connectivity index (χ0) is 10.6. The molecule has 14 heavy (non-hydrogen) atoms. The van der Waals surface area contributed by atoms with Gasteiger partial charge < -0.3 is 4.74 Å². The molecule has 0 aliphatic heterocycles. The maximum Gasteiger partial charge on any atom is 0.199 e.